The highest BCUT2D eigenvalue weighted by Crippen LogP contribution is 2.30. The van der Waals surface area contributed by atoms with Gasteiger partial charge >= 0.3 is 5.97 Å². The number of esters is 1. The third-order valence-electron chi connectivity index (χ3n) is 4.86. The quantitative estimate of drug-likeness (QED) is 0.210. The molecule has 0 heterocycles. The third-order valence-corrected chi connectivity index (χ3v) is 6.79. The van der Waals surface area contributed by atoms with Crippen LogP contribution in [-0.2, 0) is 19.6 Å². The number of benzene rings is 3. The molecule has 2 N–H and O–H groups in total. The normalized spacial score (nSPS) is 11.8. The smallest absolute Gasteiger partial charge is 0.338 e. The topological polar surface area (TPSA) is 154 Å². The minimum atomic E-state index is -4.17. The Kier molecular flexibility index (Phi) is 8.58. The van der Waals surface area contributed by atoms with Crippen LogP contribution >= 0.6 is 23.2 Å². The number of hydrogen-bond acceptors (Lipinski definition) is 8. The molecule has 0 saturated carbocycles. The van der Waals surface area contributed by atoms with E-state index in [4.69, 9.17) is 32.7 Å². The summed E-state index contributed by atoms with van der Waals surface area (Å²) >= 11 is 11.9. The fourth-order valence-electron chi connectivity index (χ4n) is 2.99. The van der Waals surface area contributed by atoms with E-state index in [1.165, 1.54) is 62.6 Å². The maximum Gasteiger partial charge on any atom is 0.338 e. The lowest BCUT2D eigenvalue weighted by Gasteiger charge is -2.15. The number of nitro groups is 1. The molecule has 194 valence electrons. The van der Waals surface area contributed by atoms with Crippen molar-refractivity contribution in [3.8, 4) is 5.75 Å². The summed E-state index contributed by atoms with van der Waals surface area (Å²) in [5.74, 6) is -1.56. The van der Waals surface area contributed by atoms with Crippen LogP contribution in [0, 0.1) is 10.1 Å². The average molecular weight is 568 g/mol. The first-order valence-corrected chi connectivity index (χ1v) is 12.6. The van der Waals surface area contributed by atoms with Gasteiger partial charge in [-0.1, -0.05) is 29.3 Å². The summed E-state index contributed by atoms with van der Waals surface area (Å²) in [5.41, 5.74) is -0.396. The molecule has 0 unspecified atom stereocenters. The van der Waals surface area contributed by atoms with E-state index in [2.05, 4.69) is 10.0 Å². The molecule has 0 aliphatic rings. The molecule has 3 aromatic carbocycles. The Morgan fingerprint density at radius 2 is 1.76 bits per heavy atom. The van der Waals surface area contributed by atoms with Gasteiger partial charge in [0.15, 0.2) is 6.10 Å². The number of halogens is 2. The van der Waals surface area contributed by atoms with Gasteiger partial charge in [0.25, 0.3) is 21.6 Å². The molecule has 0 radical (unpaired) electrons. The maximum absolute atomic E-state index is 12.9. The molecular formula is C23H19Cl2N3O8S. The van der Waals surface area contributed by atoms with Crippen molar-refractivity contribution < 1.29 is 32.4 Å². The number of anilines is 2. The van der Waals surface area contributed by atoms with E-state index < -0.39 is 32.9 Å². The van der Waals surface area contributed by atoms with Gasteiger partial charge in [-0.15, -0.1) is 0 Å². The Bertz CT molecular complexity index is 1480. The van der Waals surface area contributed by atoms with E-state index in [1.54, 1.807) is 0 Å². The monoisotopic (exact) mass is 567 g/mol. The predicted molar refractivity (Wildman–Crippen MR) is 137 cm³/mol. The summed E-state index contributed by atoms with van der Waals surface area (Å²) < 4.78 is 38.5. The molecule has 3 rings (SSSR count). The van der Waals surface area contributed by atoms with Crippen molar-refractivity contribution in [3.63, 3.8) is 0 Å². The van der Waals surface area contributed by atoms with Crippen molar-refractivity contribution in [2.45, 2.75) is 17.9 Å². The minimum Gasteiger partial charge on any atom is -0.495 e. The van der Waals surface area contributed by atoms with Crippen LogP contribution in [0.3, 0.4) is 0 Å². The summed E-state index contributed by atoms with van der Waals surface area (Å²) in [7, 11) is -2.80. The first kappa shape index (κ1) is 27.7. The van der Waals surface area contributed by atoms with Crippen molar-refractivity contribution in [2.24, 2.45) is 0 Å². The van der Waals surface area contributed by atoms with Crippen LogP contribution in [0.5, 0.6) is 5.75 Å². The maximum atomic E-state index is 12.9. The number of methoxy groups -OCH3 is 1. The van der Waals surface area contributed by atoms with Gasteiger partial charge in [-0.3, -0.25) is 19.6 Å². The number of hydrogen-bond donors (Lipinski definition) is 2. The zero-order chi connectivity index (χ0) is 27.3. The van der Waals surface area contributed by atoms with E-state index in [-0.39, 0.29) is 43.3 Å². The zero-order valence-corrected chi connectivity index (χ0v) is 21.6. The Morgan fingerprint density at radius 3 is 2.43 bits per heavy atom. The first-order chi connectivity index (χ1) is 17.4. The molecule has 0 bridgehead atoms. The van der Waals surface area contributed by atoms with Crippen LogP contribution in [0.4, 0.5) is 17.1 Å². The number of carbonyl (C=O) groups is 2. The van der Waals surface area contributed by atoms with E-state index >= 15 is 0 Å². The lowest BCUT2D eigenvalue weighted by Crippen LogP contribution is -2.30. The number of amides is 1. The second kappa shape index (κ2) is 11.5. The number of carbonyl (C=O) groups excluding carboxylic acids is 2. The van der Waals surface area contributed by atoms with E-state index in [0.29, 0.717) is 0 Å². The Balaban J connectivity index is 1.74. The average Bonchev–Trinajstić information content (AvgIpc) is 2.85. The van der Waals surface area contributed by atoms with Gasteiger partial charge in [-0.05, 0) is 49.4 Å². The number of ether oxygens (including phenoxy) is 2. The Morgan fingerprint density at radius 1 is 1.03 bits per heavy atom. The summed E-state index contributed by atoms with van der Waals surface area (Å²) in [6.07, 6.45) is -1.35. The van der Waals surface area contributed by atoms with Gasteiger partial charge in [-0.2, -0.15) is 0 Å². The molecule has 0 saturated heterocycles. The number of nitrogens with zero attached hydrogens (tertiary/aromatic N) is 1. The summed E-state index contributed by atoms with van der Waals surface area (Å²) in [6.45, 7) is 1.27. The van der Waals surface area contributed by atoms with Crippen LogP contribution < -0.4 is 14.8 Å². The molecule has 14 heteroatoms. The molecule has 0 aromatic heterocycles. The Hall–Kier alpha value is -3.87. The van der Waals surface area contributed by atoms with Gasteiger partial charge in [0, 0.05) is 17.2 Å². The summed E-state index contributed by atoms with van der Waals surface area (Å²) in [5, 5.41) is 13.6. The van der Waals surface area contributed by atoms with Crippen molar-refractivity contribution >= 4 is 62.2 Å². The summed E-state index contributed by atoms with van der Waals surface area (Å²) in [6, 6.07) is 12.8. The molecule has 37 heavy (non-hydrogen) atoms. The first-order valence-electron chi connectivity index (χ1n) is 10.3. The molecule has 3 aromatic rings. The van der Waals surface area contributed by atoms with E-state index in [9.17, 15) is 28.1 Å². The van der Waals surface area contributed by atoms with Gasteiger partial charge in [0.2, 0.25) is 0 Å². The number of sulfonamides is 1. The number of nitro benzene ring substituents is 1. The van der Waals surface area contributed by atoms with Gasteiger partial charge in [0.05, 0.1) is 38.9 Å². The van der Waals surface area contributed by atoms with Gasteiger partial charge in [0.1, 0.15) is 5.75 Å². The number of nitrogens with one attached hydrogen (secondary N) is 2. The predicted octanol–water partition coefficient (Wildman–Crippen LogP) is 4.90. The second-order valence-electron chi connectivity index (χ2n) is 7.44. The van der Waals surface area contributed by atoms with Crippen LogP contribution in [0.1, 0.15) is 17.3 Å². The highest BCUT2D eigenvalue weighted by molar-refractivity contribution is 7.92. The van der Waals surface area contributed by atoms with Crippen LogP contribution in [0.25, 0.3) is 0 Å². The number of rotatable bonds is 9. The SMILES string of the molecule is COc1ccc(Cl)cc1NS(=O)(=O)c1cccc(C(=O)O[C@@H](C)C(=O)Nc2cc([N+](=O)[O-])ccc2Cl)c1. The van der Waals surface area contributed by atoms with Crippen molar-refractivity contribution in [1.29, 1.82) is 0 Å². The van der Waals surface area contributed by atoms with Crippen LogP contribution in [0.2, 0.25) is 10.0 Å². The third kappa shape index (κ3) is 6.88. The lowest BCUT2D eigenvalue weighted by molar-refractivity contribution is -0.384. The number of non-ortho nitro benzene ring substituents is 1. The molecule has 0 aliphatic heterocycles. The molecule has 0 spiro atoms. The molecule has 11 nitrogen and oxygen atoms in total. The Labute approximate surface area is 221 Å². The second-order valence-corrected chi connectivity index (χ2v) is 9.96. The molecule has 0 aliphatic carbocycles. The molecule has 0 fully saturated rings. The van der Waals surface area contributed by atoms with Gasteiger partial charge in [-0.25, -0.2) is 13.2 Å². The molecular weight excluding hydrogens is 549 g/mol. The minimum absolute atomic E-state index is 0.0409. The van der Waals surface area contributed by atoms with Crippen LogP contribution in [-0.4, -0.2) is 38.4 Å². The van der Waals surface area contributed by atoms with Crippen molar-refractivity contribution in [2.75, 3.05) is 17.1 Å². The fraction of sp³-hybridized carbons (Fsp3) is 0.130. The van der Waals surface area contributed by atoms with Crippen LogP contribution in [0.15, 0.2) is 65.6 Å². The van der Waals surface area contributed by atoms with Gasteiger partial charge < -0.3 is 14.8 Å². The summed E-state index contributed by atoms with van der Waals surface area (Å²) in [4.78, 5) is 35.2. The van der Waals surface area contributed by atoms with E-state index in [1.807, 2.05) is 0 Å². The lowest BCUT2D eigenvalue weighted by atomic mass is 10.2. The highest BCUT2D eigenvalue weighted by atomic mass is 35.5. The largest absolute Gasteiger partial charge is 0.495 e. The standard InChI is InChI=1S/C23H19Cl2N3O8S/c1-13(22(29)26-19-12-16(28(31)32)7-8-18(19)25)36-23(30)14-4-3-5-17(10-14)37(33,34)27-20-11-15(24)6-9-21(20)35-2/h3-13,27H,1-2H3,(H,26,29)/t13-/m0/s1. The van der Waals surface area contributed by atoms with Crippen molar-refractivity contribution in [3.05, 3.63) is 86.4 Å². The highest BCUT2D eigenvalue weighted by Gasteiger charge is 2.23. The fourth-order valence-corrected chi connectivity index (χ4v) is 4.44. The zero-order valence-electron chi connectivity index (χ0n) is 19.2. The molecule has 1 atom stereocenters. The van der Waals surface area contributed by atoms with E-state index in [0.717, 1.165) is 12.1 Å². The van der Waals surface area contributed by atoms with Crippen molar-refractivity contribution in [1.82, 2.24) is 0 Å². The molecule has 1 amide bonds.